The molecule has 202 valence electrons. The van der Waals surface area contributed by atoms with E-state index in [4.69, 9.17) is 4.74 Å². The van der Waals surface area contributed by atoms with E-state index in [-0.39, 0.29) is 45.1 Å². The van der Waals surface area contributed by atoms with Crippen LogP contribution in [0.15, 0.2) is 11.6 Å². The highest BCUT2D eigenvalue weighted by molar-refractivity contribution is 5.76. The summed E-state index contributed by atoms with van der Waals surface area (Å²) >= 11 is 0. The number of fused-ring (bicyclic) bond motifs is 7. The van der Waals surface area contributed by atoms with E-state index < -0.39 is 11.4 Å². The molecule has 0 aromatic rings. The molecule has 5 rings (SSSR count). The number of hydrogen-bond acceptors (Lipinski definition) is 3. The number of carbonyl (C=O) groups excluding carboxylic acids is 1. The lowest BCUT2D eigenvalue weighted by atomic mass is 9.33. The van der Waals surface area contributed by atoms with Crippen molar-refractivity contribution in [2.75, 3.05) is 0 Å². The SMILES string of the molecule is CC(=O)O[C@H]1CC[C@@]2(C)C(CC[C@]3(C)C2CC=C2C4CC(C)(C)CC[C@]4(C(=O)O)CC[C@]23C)C1(C)C. The second-order valence-corrected chi connectivity index (χ2v) is 15.6. The Hall–Kier alpha value is -1.32. The predicted molar refractivity (Wildman–Crippen MR) is 142 cm³/mol. The third kappa shape index (κ3) is 3.30. The van der Waals surface area contributed by atoms with E-state index in [1.165, 1.54) is 12.0 Å². The number of carboxylic acid groups (broad SMARTS) is 1. The number of rotatable bonds is 2. The molecule has 0 aromatic heterocycles. The van der Waals surface area contributed by atoms with Gasteiger partial charge in [0.1, 0.15) is 6.10 Å². The molecule has 4 fully saturated rings. The minimum absolute atomic E-state index is 0.00181. The fraction of sp³-hybridized carbons (Fsp3) is 0.875. The minimum atomic E-state index is -0.574. The Labute approximate surface area is 219 Å². The van der Waals surface area contributed by atoms with Gasteiger partial charge in [-0.15, -0.1) is 0 Å². The maximum atomic E-state index is 12.8. The lowest BCUT2D eigenvalue weighted by Gasteiger charge is -2.71. The Morgan fingerprint density at radius 1 is 0.889 bits per heavy atom. The van der Waals surface area contributed by atoms with Gasteiger partial charge in [-0.3, -0.25) is 9.59 Å². The standard InChI is InChI=1S/C32H50O4/c1-20(33)36-25-12-13-29(6)23(28(25,4)5)11-14-31(8)24(29)10-9-21-22-19-27(2,3)15-17-32(22,26(34)35)18-16-30(21,31)7/h9,22-25H,10-19H2,1-8H3,(H,34,35)/t22?,23?,24?,25-,29-,30+,31+,32-/m0/s1. The average molecular weight is 499 g/mol. The third-order valence-corrected chi connectivity index (χ3v) is 13.3. The van der Waals surface area contributed by atoms with Gasteiger partial charge in [-0.1, -0.05) is 60.1 Å². The normalized spacial score (nSPS) is 48.8. The molecule has 8 atom stereocenters. The van der Waals surface area contributed by atoms with Crippen molar-refractivity contribution in [3.8, 4) is 0 Å². The highest BCUT2D eigenvalue weighted by Crippen LogP contribution is 2.75. The van der Waals surface area contributed by atoms with E-state index in [0.717, 1.165) is 57.8 Å². The van der Waals surface area contributed by atoms with E-state index in [1.54, 1.807) is 6.92 Å². The second kappa shape index (κ2) is 7.85. The van der Waals surface area contributed by atoms with Crippen LogP contribution in [0.2, 0.25) is 0 Å². The molecule has 36 heavy (non-hydrogen) atoms. The van der Waals surface area contributed by atoms with Crippen LogP contribution in [0.25, 0.3) is 0 Å². The molecule has 0 spiro atoms. The van der Waals surface area contributed by atoms with E-state index >= 15 is 0 Å². The molecule has 5 aliphatic rings. The first-order valence-corrected chi connectivity index (χ1v) is 14.6. The summed E-state index contributed by atoms with van der Waals surface area (Å²) in [7, 11) is 0. The topological polar surface area (TPSA) is 63.6 Å². The van der Waals surface area contributed by atoms with Gasteiger partial charge >= 0.3 is 11.9 Å². The summed E-state index contributed by atoms with van der Waals surface area (Å²) in [4.78, 5) is 24.7. The number of allylic oxidation sites excluding steroid dienone is 2. The Kier molecular flexibility index (Phi) is 5.74. The van der Waals surface area contributed by atoms with E-state index in [0.29, 0.717) is 11.8 Å². The number of carbonyl (C=O) groups is 2. The van der Waals surface area contributed by atoms with Gasteiger partial charge in [0.15, 0.2) is 0 Å². The molecule has 3 unspecified atom stereocenters. The van der Waals surface area contributed by atoms with Gasteiger partial charge in [-0.25, -0.2) is 0 Å². The highest BCUT2D eigenvalue weighted by atomic mass is 16.5. The van der Waals surface area contributed by atoms with Crippen LogP contribution in [-0.2, 0) is 14.3 Å². The zero-order chi connectivity index (χ0) is 26.5. The molecular formula is C32H50O4. The number of hydrogen-bond donors (Lipinski definition) is 1. The van der Waals surface area contributed by atoms with Crippen LogP contribution in [0.1, 0.15) is 120 Å². The quantitative estimate of drug-likeness (QED) is 0.311. The lowest BCUT2D eigenvalue weighted by molar-refractivity contribution is -0.213. The molecule has 4 nitrogen and oxygen atoms in total. The Morgan fingerprint density at radius 3 is 2.19 bits per heavy atom. The summed E-state index contributed by atoms with van der Waals surface area (Å²) in [5.41, 5.74) is 1.50. The maximum absolute atomic E-state index is 12.8. The fourth-order valence-corrected chi connectivity index (χ4v) is 11.0. The minimum Gasteiger partial charge on any atom is -0.481 e. The lowest BCUT2D eigenvalue weighted by Crippen LogP contribution is -2.65. The van der Waals surface area contributed by atoms with Gasteiger partial charge in [0, 0.05) is 12.3 Å². The summed E-state index contributed by atoms with van der Waals surface area (Å²) in [6.07, 6.45) is 12.6. The predicted octanol–water partition coefficient (Wildman–Crippen LogP) is 7.80. The molecule has 0 heterocycles. The molecular weight excluding hydrogens is 448 g/mol. The van der Waals surface area contributed by atoms with Crippen LogP contribution in [-0.4, -0.2) is 23.1 Å². The molecule has 0 aliphatic heterocycles. The number of esters is 1. The Balaban J connectivity index is 1.55. The summed E-state index contributed by atoms with van der Waals surface area (Å²) in [6, 6.07) is 0. The Morgan fingerprint density at radius 2 is 1.56 bits per heavy atom. The van der Waals surface area contributed by atoms with Crippen LogP contribution in [0.5, 0.6) is 0 Å². The zero-order valence-electron chi connectivity index (χ0n) is 24.1. The third-order valence-electron chi connectivity index (χ3n) is 13.3. The first-order chi connectivity index (χ1) is 16.5. The van der Waals surface area contributed by atoms with Crippen molar-refractivity contribution in [2.45, 2.75) is 126 Å². The molecule has 5 aliphatic carbocycles. The van der Waals surface area contributed by atoms with Crippen LogP contribution in [0, 0.1) is 50.2 Å². The van der Waals surface area contributed by atoms with Gasteiger partial charge < -0.3 is 9.84 Å². The van der Waals surface area contributed by atoms with Crippen molar-refractivity contribution in [1.29, 1.82) is 0 Å². The van der Waals surface area contributed by atoms with Crippen LogP contribution in [0.3, 0.4) is 0 Å². The number of carboxylic acids is 1. The average Bonchev–Trinajstić information content (AvgIpc) is 2.75. The monoisotopic (exact) mass is 498 g/mol. The number of aliphatic carboxylic acids is 1. The smallest absolute Gasteiger partial charge is 0.310 e. The summed E-state index contributed by atoms with van der Waals surface area (Å²) in [5.74, 6) is 0.546. The van der Waals surface area contributed by atoms with Crippen molar-refractivity contribution in [3.63, 3.8) is 0 Å². The van der Waals surface area contributed by atoms with Gasteiger partial charge in [0.05, 0.1) is 5.41 Å². The van der Waals surface area contributed by atoms with Gasteiger partial charge in [0.2, 0.25) is 0 Å². The van der Waals surface area contributed by atoms with Crippen molar-refractivity contribution in [1.82, 2.24) is 0 Å². The summed E-state index contributed by atoms with van der Waals surface area (Å²) < 4.78 is 5.87. The molecule has 0 aromatic carbocycles. The number of ether oxygens (including phenoxy) is 1. The molecule has 4 saturated carbocycles. The van der Waals surface area contributed by atoms with Crippen molar-refractivity contribution in [2.24, 2.45) is 50.2 Å². The fourth-order valence-electron chi connectivity index (χ4n) is 11.0. The van der Waals surface area contributed by atoms with E-state index in [2.05, 4.69) is 54.5 Å². The molecule has 0 amide bonds. The van der Waals surface area contributed by atoms with Crippen molar-refractivity contribution < 1.29 is 19.4 Å². The molecule has 0 bridgehead atoms. The summed E-state index contributed by atoms with van der Waals surface area (Å²) in [5, 5.41) is 10.5. The molecule has 0 radical (unpaired) electrons. The molecule has 1 N–H and O–H groups in total. The maximum Gasteiger partial charge on any atom is 0.310 e. The summed E-state index contributed by atoms with van der Waals surface area (Å²) in [6.45, 7) is 18.5. The van der Waals surface area contributed by atoms with E-state index in [1.807, 2.05) is 0 Å². The Bertz CT molecular complexity index is 992. The van der Waals surface area contributed by atoms with Gasteiger partial charge in [-0.2, -0.15) is 0 Å². The highest BCUT2D eigenvalue weighted by Gasteiger charge is 2.69. The van der Waals surface area contributed by atoms with Crippen LogP contribution < -0.4 is 0 Å². The second-order valence-electron chi connectivity index (χ2n) is 15.6. The van der Waals surface area contributed by atoms with Gasteiger partial charge in [0.25, 0.3) is 0 Å². The first-order valence-electron chi connectivity index (χ1n) is 14.6. The van der Waals surface area contributed by atoms with Crippen LogP contribution >= 0.6 is 0 Å². The van der Waals surface area contributed by atoms with E-state index in [9.17, 15) is 14.7 Å². The van der Waals surface area contributed by atoms with Crippen LogP contribution in [0.4, 0.5) is 0 Å². The molecule has 0 saturated heterocycles. The zero-order valence-corrected chi connectivity index (χ0v) is 24.1. The first kappa shape index (κ1) is 26.3. The van der Waals surface area contributed by atoms with Gasteiger partial charge in [-0.05, 0) is 104 Å². The van der Waals surface area contributed by atoms with Crippen molar-refractivity contribution >= 4 is 11.9 Å². The van der Waals surface area contributed by atoms with Crippen molar-refractivity contribution in [3.05, 3.63) is 11.6 Å². The molecule has 4 heteroatoms. The largest absolute Gasteiger partial charge is 0.481 e.